The first-order valence-corrected chi connectivity index (χ1v) is 6.57. The predicted molar refractivity (Wildman–Crippen MR) is 74.9 cm³/mol. The van der Waals surface area contributed by atoms with Gasteiger partial charge in [-0.15, -0.1) is 0 Å². The molecule has 0 spiro atoms. The van der Waals surface area contributed by atoms with Gasteiger partial charge in [0.05, 0.1) is 13.4 Å². The summed E-state index contributed by atoms with van der Waals surface area (Å²) in [6.45, 7) is 0. The molecule has 1 N–H and O–H groups in total. The predicted octanol–water partition coefficient (Wildman–Crippen LogP) is 3.55. The van der Waals surface area contributed by atoms with Crippen molar-refractivity contribution in [2.45, 2.75) is 12.5 Å². The number of halogens is 1. The van der Waals surface area contributed by atoms with E-state index in [4.69, 9.17) is 9.15 Å². The Morgan fingerprint density at radius 1 is 1.39 bits per heavy atom. The summed E-state index contributed by atoms with van der Waals surface area (Å²) in [7, 11) is 3.62. The smallest absolute Gasteiger partial charge is 0.119 e. The van der Waals surface area contributed by atoms with Crippen LogP contribution in [0, 0.1) is 0 Å². The second-order valence-electron chi connectivity index (χ2n) is 4.01. The maximum atomic E-state index is 5.40. The highest BCUT2D eigenvalue weighted by Crippen LogP contribution is 2.29. The van der Waals surface area contributed by atoms with Crippen molar-refractivity contribution in [1.29, 1.82) is 0 Å². The molecule has 4 heteroatoms. The molecular formula is C14H16BrNO2. The second-order valence-corrected chi connectivity index (χ2v) is 4.87. The molecule has 1 unspecified atom stereocenters. The average molecular weight is 310 g/mol. The first-order chi connectivity index (χ1) is 8.74. The van der Waals surface area contributed by atoms with Gasteiger partial charge in [0.1, 0.15) is 11.5 Å². The molecule has 96 valence electrons. The van der Waals surface area contributed by atoms with E-state index in [0.717, 1.165) is 28.0 Å². The minimum atomic E-state index is 0.181. The van der Waals surface area contributed by atoms with Crippen molar-refractivity contribution in [1.82, 2.24) is 5.32 Å². The molecule has 0 radical (unpaired) electrons. The standard InChI is InChI=1S/C14H16BrNO2/c1-16-14(9-11-4-3-7-18-11)12-8-10(17-2)5-6-13(12)15/h3-8,14,16H,9H2,1-2H3. The first kappa shape index (κ1) is 13.2. The fourth-order valence-corrected chi connectivity index (χ4v) is 2.44. The molecule has 0 saturated carbocycles. The molecule has 0 bridgehead atoms. The van der Waals surface area contributed by atoms with Gasteiger partial charge in [-0.05, 0) is 42.9 Å². The lowest BCUT2D eigenvalue weighted by molar-refractivity contribution is 0.412. The number of ether oxygens (including phenoxy) is 1. The van der Waals surface area contributed by atoms with Crippen LogP contribution in [0.5, 0.6) is 5.75 Å². The topological polar surface area (TPSA) is 34.4 Å². The number of nitrogens with one attached hydrogen (secondary N) is 1. The van der Waals surface area contributed by atoms with Crippen LogP contribution < -0.4 is 10.1 Å². The molecule has 1 aromatic carbocycles. The van der Waals surface area contributed by atoms with Crippen LogP contribution >= 0.6 is 15.9 Å². The summed E-state index contributed by atoms with van der Waals surface area (Å²) in [5.74, 6) is 1.82. The van der Waals surface area contributed by atoms with Crippen molar-refractivity contribution in [3.05, 3.63) is 52.4 Å². The Balaban J connectivity index is 2.26. The minimum absolute atomic E-state index is 0.181. The molecule has 2 aromatic rings. The molecule has 1 aromatic heterocycles. The molecule has 0 aliphatic rings. The van der Waals surface area contributed by atoms with E-state index in [1.165, 1.54) is 0 Å². The van der Waals surface area contributed by atoms with E-state index in [-0.39, 0.29) is 6.04 Å². The summed E-state index contributed by atoms with van der Waals surface area (Å²) in [5, 5.41) is 3.30. The molecule has 3 nitrogen and oxygen atoms in total. The molecule has 1 heterocycles. The van der Waals surface area contributed by atoms with Crippen LogP contribution in [0.1, 0.15) is 17.4 Å². The summed E-state index contributed by atoms with van der Waals surface area (Å²) >= 11 is 3.58. The molecule has 0 fully saturated rings. The average Bonchev–Trinajstić information content (AvgIpc) is 2.90. The van der Waals surface area contributed by atoms with Crippen molar-refractivity contribution in [3.63, 3.8) is 0 Å². The molecule has 1 atom stereocenters. The van der Waals surface area contributed by atoms with Crippen molar-refractivity contribution in [3.8, 4) is 5.75 Å². The Kier molecular flexibility index (Phi) is 4.44. The van der Waals surface area contributed by atoms with Crippen molar-refractivity contribution >= 4 is 15.9 Å². The van der Waals surface area contributed by atoms with E-state index in [9.17, 15) is 0 Å². The monoisotopic (exact) mass is 309 g/mol. The van der Waals surface area contributed by atoms with Gasteiger partial charge in [-0.1, -0.05) is 15.9 Å². The lowest BCUT2D eigenvalue weighted by Gasteiger charge is -2.18. The molecule has 0 amide bonds. The Bertz CT molecular complexity index is 497. The Morgan fingerprint density at radius 3 is 2.83 bits per heavy atom. The maximum Gasteiger partial charge on any atom is 0.119 e. The lowest BCUT2D eigenvalue weighted by Crippen LogP contribution is -2.19. The van der Waals surface area contributed by atoms with Crippen LogP contribution in [-0.4, -0.2) is 14.2 Å². The van der Waals surface area contributed by atoms with E-state index in [0.29, 0.717) is 0 Å². The van der Waals surface area contributed by atoms with E-state index < -0.39 is 0 Å². The van der Waals surface area contributed by atoms with Gasteiger partial charge in [0.25, 0.3) is 0 Å². The van der Waals surface area contributed by atoms with Crippen LogP contribution in [0.4, 0.5) is 0 Å². The SMILES string of the molecule is CNC(Cc1ccco1)c1cc(OC)ccc1Br. The summed E-state index contributed by atoms with van der Waals surface area (Å²) in [6, 6.07) is 10.0. The molecule has 2 rings (SSSR count). The number of benzene rings is 1. The van der Waals surface area contributed by atoms with Crippen molar-refractivity contribution < 1.29 is 9.15 Å². The van der Waals surface area contributed by atoms with Gasteiger partial charge in [0.15, 0.2) is 0 Å². The third kappa shape index (κ3) is 2.94. The van der Waals surface area contributed by atoms with Gasteiger partial charge in [0, 0.05) is 16.9 Å². The third-order valence-corrected chi connectivity index (χ3v) is 3.63. The minimum Gasteiger partial charge on any atom is -0.497 e. The Hall–Kier alpha value is -1.26. The van der Waals surface area contributed by atoms with Crippen LogP contribution in [0.25, 0.3) is 0 Å². The zero-order valence-electron chi connectivity index (χ0n) is 10.4. The summed E-state index contributed by atoms with van der Waals surface area (Å²) in [5.41, 5.74) is 1.16. The normalized spacial score (nSPS) is 12.4. The Labute approximate surface area is 115 Å². The largest absolute Gasteiger partial charge is 0.497 e. The van der Waals surface area contributed by atoms with E-state index >= 15 is 0 Å². The van der Waals surface area contributed by atoms with Gasteiger partial charge < -0.3 is 14.5 Å². The molecule has 0 saturated heterocycles. The van der Waals surface area contributed by atoms with Crippen LogP contribution in [0.2, 0.25) is 0 Å². The highest BCUT2D eigenvalue weighted by Gasteiger charge is 2.15. The molecule has 0 aliphatic heterocycles. The molecule has 0 aliphatic carbocycles. The zero-order valence-corrected chi connectivity index (χ0v) is 12.0. The zero-order chi connectivity index (χ0) is 13.0. The molecule has 18 heavy (non-hydrogen) atoms. The van der Waals surface area contributed by atoms with E-state index in [1.807, 2.05) is 37.4 Å². The summed E-state index contributed by atoms with van der Waals surface area (Å²) in [4.78, 5) is 0. The van der Waals surface area contributed by atoms with Gasteiger partial charge in [0.2, 0.25) is 0 Å². The van der Waals surface area contributed by atoms with E-state index in [1.54, 1.807) is 13.4 Å². The lowest BCUT2D eigenvalue weighted by atomic mass is 10.0. The van der Waals surface area contributed by atoms with Gasteiger partial charge >= 0.3 is 0 Å². The molecular weight excluding hydrogens is 294 g/mol. The van der Waals surface area contributed by atoms with E-state index in [2.05, 4.69) is 21.2 Å². The highest BCUT2D eigenvalue weighted by molar-refractivity contribution is 9.10. The van der Waals surface area contributed by atoms with Gasteiger partial charge in [-0.3, -0.25) is 0 Å². The summed E-state index contributed by atoms with van der Waals surface area (Å²) < 4.78 is 11.7. The summed E-state index contributed by atoms with van der Waals surface area (Å²) in [6.07, 6.45) is 2.50. The van der Waals surface area contributed by atoms with Crippen LogP contribution in [0.15, 0.2) is 45.5 Å². The fourth-order valence-electron chi connectivity index (χ4n) is 1.91. The number of hydrogen-bond donors (Lipinski definition) is 1. The number of methoxy groups -OCH3 is 1. The van der Waals surface area contributed by atoms with Crippen LogP contribution in [-0.2, 0) is 6.42 Å². The number of hydrogen-bond acceptors (Lipinski definition) is 3. The quantitative estimate of drug-likeness (QED) is 0.917. The number of furan rings is 1. The second kappa shape index (κ2) is 6.07. The van der Waals surface area contributed by atoms with Crippen LogP contribution in [0.3, 0.4) is 0 Å². The highest BCUT2D eigenvalue weighted by atomic mass is 79.9. The maximum absolute atomic E-state index is 5.40. The number of rotatable bonds is 5. The number of likely N-dealkylation sites (N-methyl/N-ethyl adjacent to an activating group) is 1. The Morgan fingerprint density at radius 2 is 2.22 bits per heavy atom. The van der Waals surface area contributed by atoms with Gasteiger partial charge in [-0.25, -0.2) is 0 Å². The fraction of sp³-hybridized carbons (Fsp3) is 0.286. The van der Waals surface area contributed by atoms with Gasteiger partial charge in [-0.2, -0.15) is 0 Å². The van der Waals surface area contributed by atoms with Crippen molar-refractivity contribution in [2.75, 3.05) is 14.2 Å². The van der Waals surface area contributed by atoms with Crippen molar-refractivity contribution in [2.24, 2.45) is 0 Å². The third-order valence-electron chi connectivity index (χ3n) is 2.91. The first-order valence-electron chi connectivity index (χ1n) is 5.77.